The lowest BCUT2D eigenvalue weighted by atomic mass is 10.2. The number of carbonyl (C=O) groups excluding carboxylic acids is 2. The molecule has 3 N–H and O–H groups in total. The number of carboxylic acid groups (broad SMARTS) is 1. The van der Waals surface area contributed by atoms with E-state index < -0.39 is 22.1 Å². The van der Waals surface area contributed by atoms with Crippen LogP contribution in [0, 0.1) is 0 Å². The van der Waals surface area contributed by atoms with Gasteiger partial charge in [-0.2, -0.15) is 8.42 Å². The van der Waals surface area contributed by atoms with Crippen molar-refractivity contribution in [2.75, 3.05) is 11.9 Å². The van der Waals surface area contributed by atoms with Crippen LogP contribution in [-0.2, 0) is 14.9 Å². The number of anilines is 1. The molecule has 0 atom stereocenters. The van der Waals surface area contributed by atoms with Crippen LogP contribution in [-0.4, -0.2) is 31.5 Å². The Balaban J connectivity index is 2.48. The van der Waals surface area contributed by atoms with E-state index >= 15 is 0 Å². The molecule has 114 valence electrons. The molecule has 1 rings (SSSR count). The molecule has 1 aromatic rings. The van der Waals surface area contributed by atoms with Crippen molar-refractivity contribution in [2.45, 2.75) is 11.3 Å². The molecule has 9 heteroatoms. The number of hydrogen-bond donors (Lipinski definition) is 3. The summed E-state index contributed by atoms with van der Waals surface area (Å²) in [6, 6.07) is 4.25. The topological polar surface area (TPSA) is 136 Å². The van der Waals surface area contributed by atoms with Gasteiger partial charge in [0.05, 0.1) is 10.9 Å². The first kappa shape index (κ1) is 16.7. The maximum atomic E-state index is 11.5. The molecule has 21 heavy (non-hydrogen) atoms. The van der Waals surface area contributed by atoms with Crippen molar-refractivity contribution >= 4 is 27.8 Å². The van der Waals surface area contributed by atoms with E-state index in [9.17, 15) is 23.1 Å². The number of amides is 2. The van der Waals surface area contributed by atoms with Crippen molar-refractivity contribution in [1.82, 2.24) is 5.32 Å². The first-order valence-corrected chi connectivity index (χ1v) is 7.15. The van der Waals surface area contributed by atoms with Gasteiger partial charge in [-0.05, 0) is 36.3 Å². The van der Waals surface area contributed by atoms with Crippen molar-refractivity contribution in [2.24, 2.45) is 0 Å². The van der Waals surface area contributed by atoms with Crippen LogP contribution in [0.25, 0.3) is 0 Å². The fourth-order valence-electron chi connectivity index (χ4n) is 1.31. The van der Waals surface area contributed by atoms with Crippen LogP contribution in [0.15, 0.2) is 41.3 Å². The highest BCUT2D eigenvalue weighted by atomic mass is 32.2. The Morgan fingerprint density at radius 3 is 2.29 bits per heavy atom. The average Bonchev–Trinajstić information content (AvgIpc) is 2.38. The third kappa shape index (κ3) is 5.63. The molecule has 0 bridgehead atoms. The SMILES string of the molecule is C=C(CCNC(=O)Nc1ccc(S(=O)(=O)O)cc1)C(=O)[O-]. The van der Waals surface area contributed by atoms with Gasteiger partial charge < -0.3 is 20.5 Å². The van der Waals surface area contributed by atoms with Gasteiger partial charge in [0.25, 0.3) is 10.1 Å². The number of carbonyl (C=O) groups is 2. The normalized spacial score (nSPS) is 10.7. The van der Waals surface area contributed by atoms with Crippen molar-refractivity contribution in [3.05, 3.63) is 36.4 Å². The van der Waals surface area contributed by atoms with Gasteiger partial charge in [0.15, 0.2) is 0 Å². The quantitative estimate of drug-likeness (QED) is 0.489. The van der Waals surface area contributed by atoms with Gasteiger partial charge in [0.2, 0.25) is 0 Å². The Labute approximate surface area is 121 Å². The highest BCUT2D eigenvalue weighted by Gasteiger charge is 2.09. The van der Waals surface area contributed by atoms with Gasteiger partial charge in [-0.25, -0.2) is 4.79 Å². The van der Waals surface area contributed by atoms with Gasteiger partial charge in [-0.15, -0.1) is 0 Å². The van der Waals surface area contributed by atoms with E-state index in [-0.39, 0.29) is 23.4 Å². The molecule has 0 spiro atoms. The summed E-state index contributed by atoms with van der Waals surface area (Å²) in [4.78, 5) is 21.5. The fraction of sp³-hybridized carbons (Fsp3) is 0.167. The number of carboxylic acids is 1. The molecular formula is C12H13N2O6S-. The van der Waals surface area contributed by atoms with Crippen molar-refractivity contribution in [1.29, 1.82) is 0 Å². The van der Waals surface area contributed by atoms with Crippen LogP contribution in [0.5, 0.6) is 0 Å². The summed E-state index contributed by atoms with van der Waals surface area (Å²) in [5.41, 5.74) is 0.173. The lowest BCUT2D eigenvalue weighted by Crippen LogP contribution is -2.31. The average molecular weight is 313 g/mol. The number of benzene rings is 1. The zero-order chi connectivity index (χ0) is 16.0. The first-order chi connectivity index (χ1) is 9.70. The van der Waals surface area contributed by atoms with Crippen LogP contribution in [0.4, 0.5) is 10.5 Å². The predicted molar refractivity (Wildman–Crippen MR) is 72.0 cm³/mol. The summed E-state index contributed by atoms with van der Waals surface area (Å²) in [5, 5.41) is 15.2. The largest absolute Gasteiger partial charge is 0.545 e. The second-order valence-electron chi connectivity index (χ2n) is 4.02. The van der Waals surface area contributed by atoms with Crippen LogP contribution < -0.4 is 15.7 Å². The van der Waals surface area contributed by atoms with E-state index in [0.29, 0.717) is 5.69 Å². The third-order valence-corrected chi connectivity index (χ3v) is 3.28. The minimum atomic E-state index is -4.28. The Morgan fingerprint density at radius 1 is 1.24 bits per heavy atom. The number of hydrogen-bond acceptors (Lipinski definition) is 5. The molecule has 0 radical (unpaired) electrons. The summed E-state index contributed by atoms with van der Waals surface area (Å²) < 4.78 is 30.4. The Bertz CT molecular complexity index is 651. The van der Waals surface area contributed by atoms with Crippen LogP contribution in [0.3, 0.4) is 0 Å². The highest BCUT2D eigenvalue weighted by molar-refractivity contribution is 7.85. The van der Waals surface area contributed by atoms with Gasteiger partial charge >= 0.3 is 6.03 Å². The smallest absolute Gasteiger partial charge is 0.319 e. The maximum absolute atomic E-state index is 11.5. The second-order valence-corrected chi connectivity index (χ2v) is 5.44. The summed E-state index contributed by atoms with van der Waals surface area (Å²) in [6.45, 7) is 3.31. The fourth-order valence-corrected chi connectivity index (χ4v) is 1.79. The molecule has 0 heterocycles. The minimum Gasteiger partial charge on any atom is -0.545 e. The lowest BCUT2D eigenvalue weighted by molar-refractivity contribution is -0.299. The van der Waals surface area contributed by atoms with E-state index in [2.05, 4.69) is 17.2 Å². The summed E-state index contributed by atoms with van der Waals surface area (Å²) in [5.74, 6) is -1.38. The molecule has 0 unspecified atom stereocenters. The van der Waals surface area contributed by atoms with Crippen molar-refractivity contribution in [3.63, 3.8) is 0 Å². The van der Waals surface area contributed by atoms with E-state index in [0.717, 1.165) is 12.1 Å². The van der Waals surface area contributed by atoms with Crippen molar-refractivity contribution in [3.8, 4) is 0 Å². The summed E-state index contributed by atoms with van der Waals surface area (Å²) in [7, 11) is -4.28. The van der Waals surface area contributed by atoms with E-state index in [1.165, 1.54) is 12.1 Å². The molecule has 0 aliphatic heterocycles. The molecule has 0 aliphatic rings. The molecule has 0 saturated carbocycles. The van der Waals surface area contributed by atoms with Crippen molar-refractivity contribution < 1.29 is 27.7 Å². The zero-order valence-corrected chi connectivity index (χ0v) is 11.6. The number of aliphatic carboxylic acids is 1. The third-order valence-electron chi connectivity index (χ3n) is 2.41. The lowest BCUT2D eigenvalue weighted by Gasteiger charge is -2.09. The van der Waals surface area contributed by atoms with Crippen LogP contribution in [0.2, 0.25) is 0 Å². The zero-order valence-electron chi connectivity index (χ0n) is 10.8. The molecule has 0 aliphatic carbocycles. The van der Waals surface area contributed by atoms with E-state index in [1.54, 1.807) is 0 Å². The number of rotatable bonds is 6. The van der Waals surface area contributed by atoms with E-state index in [1.807, 2.05) is 0 Å². The second kappa shape index (κ2) is 6.86. The molecule has 8 nitrogen and oxygen atoms in total. The maximum Gasteiger partial charge on any atom is 0.319 e. The van der Waals surface area contributed by atoms with Gasteiger partial charge in [-0.3, -0.25) is 4.55 Å². The Morgan fingerprint density at radius 2 is 1.81 bits per heavy atom. The molecule has 0 aromatic heterocycles. The van der Waals surface area contributed by atoms with Crippen LogP contribution >= 0.6 is 0 Å². The predicted octanol–water partition coefficient (Wildman–Crippen LogP) is -0.249. The van der Waals surface area contributed by atoms with Gasteiger partial charge in [-0.1, -0.05) is 6.58 Å². The Kier molecular flexibility index (Phi) is 5.44. The first-order valence-electron chi connectivity index (χ1n) is 5.71. The molecule has 1 aromatic carbocycles. The summed E-state index contributed by atoms with van der Waals surface area (Å²) >= 11 is 0. The van der Waals surface area contributed by atoms with Gasteiger partial charge in [0, 0.05) is 12.2 Å². The van der Waals surface area contributed by atoms with Crippen LogP contribution in [0.1, 0.15) is 6.42 Å². The monoisotopic (exact) mass is 313 g/mol. The molecular weight excluding hydrogens is 300 g/mol. The van der Waals surface area contributed by atoms with Gasteiger partial charge in [0.1, 0.15) is 0 Å². The highest BCUT2D eigenvalue weighted by Crippen LogP contribution is 2.13. The Hall–Kier alpha value is -2.39. The van der Waals surface area contributed by atoms with E-state index in [4.69, 9.17) is 4.55 Å². The molecule has 0 fully saturated rings. The number of urea groups is 1. The molecule has 0 saturated heterocycles. The standard InChI is InChI=1S/C12H14N2O6S/c1-8(11(15)16)6-7-13-12(17)14-9-2-4-10(5-3-9)21(18,19)20/h2-5H,1,6-7H2,(H,15,16)(H2,13,14,17)(H,18,19,20)/p-1. The summed E-state index contributed by atoms with van der Waals surface area (Å²) in [6.07, 6.45) is 0.0391. The number of nitrogens with one attached hydrogen (secondary N) is 2. The minimum absolute atomic E-state index is 0.0391. The molecule has 2 amide bonds.